The minimum absolute atomic E-state index is 0.139. The molecule has 0 aromatic heterocycles. The van der Waals surface area contributed by atoms with E-state index < -0.39 is 40.0 Å². The van der Waals surface area contributed by atoms with Crippen LogP contribution in [0.4, 0.5) is 4.79 Å². The number of aliphatic hydroxyl groups excluding tert-OH is 1. The second-order valence-corrected chi connectivity index (χ2v) is 8.63. The molecule has 0 aliphatic carbocycles. The molecule has 2 atom stereocenters. The van der Waals surface area contributed by atoms with Crippen LogP contribution in [0.3, 0.4) is 0 Å². The first-order valence-corrected chi connectivity index (χ1v) is 10.5. The maximum Gasteiger partial charge on any atom is 0.410 e. The molecule has 1 aliphatic rings. The molecule has 9 nitrogen and oxygen atoms in total. The minimum atomic E-state index is -3.99. The number of amides is 1. The normalized spacial score (nSPS) is 22.5. The average Bonchev–Trinajstić information content (AvgIpc) is 2.66. The maximum atomic E-state index is 12.4. The molecule has 1 heterocycles. The van der Waals surface area contributed by atoms with E-state index in [0.717, 1.165) is 12.7 Å². The van der Waals surface area contributed by atoms with E-state index in [1.807, 2.05) is 30.3 Å². The zero-order valence-electron chi connectivity index (χ0n) is 16.0. The molecule has 2 unspecified atom stereocenters. The Morgan fingerprint density at radius 1 is 1.32 bits per heavy atom. The number of nitrogens with one attached hydrogen (secondary N) is 1. The zero-order chi connectivity index (χ0) is 20.8. The Balaban J connectivity index is 1.97. The van der Waals surface area contributed by atoms with Crippen molar-refractivity contribution in [1.82, 2.24) is 9.62 Å². The number of carbonyl (C=O) groups excluding carboxylic acids is 2. The molecule has 10 heteroatoms. The van der Waals surface area contributed by atoms with Crippen LogP contribution < -0.4 is 4.72 Å². The van der Waals surface area contributed by atoms with Gasteiger partial charge in [-0.2, -0.15) is 0 Å². The number of esters is 1. The lowest BCUT2D eigenvalue weighted by Crippen LogP contribution is -2.61. The maximum absolute atomic E-state index is 12.4. The Hall–Kier alpha value is -2.17. The summed E-state index contributed by atoms with van der Waals surface area (Å²) in [7, 11) is -2.89. The number of piperidine rings is 1. The van der Waals surface area contributed by atoms with Crippen LogP contribution >= 0.6 is 0 Å². The van der Waals surface area contributed by atoms with Crippen LogP contribution in [0.1, 0.15) is 25.3 Å². The van der Waals surface area contributed by atoms with Gasteiger partial charge in [0.1, 0.15) is 6.61 Å². The molecule has 1 fully saturated rings. The summed E-state index contributed by atoms with van der Waals surface area (Å²) in [6, 6.07) is 8.89. The highest BCUT2D eigenvalue weighted by Crippen LogP contribution is 2.28. The number of ether oxygens (including phenoxy) is 2. The summed E-state index contributed by atoms with van der Waals surface area (Å²) in [4.78, 5) is 25.2. The molecule has 0 bridgehead atoms. The first kappa shape index (κ1) is 22.1. The number of nitrogens with zero attached hydrogens (tertiary/aromatic N) is 1. The Kier molecular flexibility index (Phi) is 7.39. The van der Waals surface area contributed by atoms with Gasteiger partial charge in [-0.1, -0.05) is 30.3 Å². The number of carbonyl (C=O) groups is 2. The van der Waals surface area contributed by atoms with Crippen molar-refractivity contribution in [3.8, 4) is 0 Å². The van der Waals surface area contributed by atoms with Gasteiger partial charge in [0.05, 0.1) is 19.3 Å². The summed E-state index contributed by atoms with van der Waals surface area (Å²) < 4.78 is 36.5. The van der Waals surface area contributed by atoms with E-state index in [0.29, 0.717) is 0 Å². The lowest BCUT2D eigenvalue weighted by atomic mass is 9.85. The molecule has 1 aliphatic heterocycles. The van der Waals surface area contributed by atoms with Crippen LogP contribution in [0.25, 0.3) is 0 Å². The van der Waals surface area contributed by atoms with E-state index in [2.05, 4.69) is 9.46 Å². The number of rotatable bonds is 7. The van der Waals surface area contributed by atoms with Gasteiger partial charge in [-0.25, -0.2) is 17.9 Å². The lowest BCUT2D eigenvalue weighted by Gasteiger charge is -2.44. The van der Waals surface area contributed by atoms with Crippen LogP contribution in [0.15, 0.2) is 30.3 Å². The van der Waals surface area contributed by atoms with E-state index in [1.54, 1.807) is 6.92 Å². The predicted octanol–water partition coefficient (Wildman–Crippen LogP) is 0.631. The van der Waals surface area contributed by atoms with Crippen molar-refractivity contribution < 1.29 is 32.6 Å². The Morgan fingerprint density at radius 2 is 2.00 bits per heavy atom. The fourth-order valence-electron chi connectivity index (χ4n) is 3.25. The monoisotopic (exact) mass is 414 g/mol. The largest absolute Gasteiger partial charge is 0.468 e. The van der Waals surface area contributed by atoms with Gasteiger partial charge in [0.25, 0.3) is 0 Å². The third-order valence-corrected chi connectivity index (χ3v) is 6.06. The molecular weight excluding hydrogens is 388 g/mol. The van der Waals surface area contributed by atoms with E-state index in [-0.39, 0.29) is 32.0 Å². The van der Waals surface area contributed by atoms with Gasteiger partial charge >= 0.3 is 12.1 Å². The molecule has 1 amide bonds. The van der Waals surface area contributed by atoms with Gasteiger partial charge in [-0.05, 0) is 25.3 Å². The smallest absolute Gasteiger partial charge is 0.410 e. The fraction of sp³-hybridized carbons (Fsp3) is 0.556. The van der Waals surface area contributed by atoms with Crippen LogP contribution in [-0.2, 0) is 30.9 Å². The Bertz CT molecular complexity index is 784. The van der Waals surface area contributed by atoms with Gasteiger partial charge in [0.2, 0.25) is 10.0 Å². The minimum Gasteiger partial charge on any atom is -0.468 e. The highest BCUT2D eigenvalue weighted by Gasteiger charge is 2.42. The highest BCUT2D eigenvalue weighted by atomic mass is 32.2. The number of benzene rings is 1. The zero-order valence-corrected chi connectivity index (χ0v) is 16.8. The third kappa shape index (κ3) is 5.91. The van der Waals surface area contributed by atoms with Gasteiger partial charge in [0, 0.05) is 12.6 Å². The SMILES string of the molecule is COC(=O)CS(=O)(=O)NC1(CO)CCN(C(=O)OCc2ccccc2)C(C)C1. The molecule has 2 rings (SSSR count). The highest BCUT2D eigenvalue weighted by molar-refractivity contribution is 7.90. The van der Waals surface area contributed by atoms with Gasteiger partial charge in [0.15, 0.2) is 5.75 Å². The topological polar surface area (TPSA) is 122 Å². The van der Waals surface area contributed by atoms with Crippen molar-refractivity contribution in [2.45, 2.75) is 38.0 Å². The molecular formula is C18H26N2O7S. The second-order valence-electron chi connectivity index (χ2n) is 6.91. The average molecular weight is 414 g/mol. The van der Waals surface area contributed by atoms with Crippen molar-refractivity contribution in [2.75, 3.05) is 26.0 Å². The van der Waals surface area contributed by atoms with Gasteiger partial charge in [-0.15, -0.1) is 0 Å². The summed E-state index contributed by atoms with van der Waals surface area (Å²) in [5.74, 6) is -1.72. The number of sulfonamides is 1. The molecule has 1 aromatic carbocycles. The quantitative estimate of drug-likeness (QED) is 0.628. The number of hydrogen-bond donors (Lipinski definition) is 2. The number of likely N-dealkylation sites (tertiary alicyclic amines) is 1. The molecule has 156 valence electrons. The van der Waals surface area contributed by atoms with Crippen molar-refractivity contribution in [3.63, 3.8) is 0 Å². The first-order chi connectivity index (χ1) is 13.2. The molecule has 1 aromatic rings. The molecule has 0 radical (unpaired) electrons. The van der Waals surface area contributed by atoms with Crippen molar-refractivity contribution in [1.29, 1.82) is 0 Å². The molecule has 0 spiro atoms. The third-order valence-electron chi connectivity index (χ3n) is 4.70. The first-order valence-electron chi connectivity index (χ1n) is 8.87. The summed E-state index contributed by atoms with van der Waals surface area (Å²) in [5, 5.41) is 9.81. The molecule has 0 saturated carbocycles. The summed E-state index contributed by atoms with van der Waals surface area (Å²) >= 11 is 0. The van der Waals surface area contributed by atoms with Crippen molar-refractivity contribution in [2.24, 2.45) is 0 Å². The van der Waals surface area contributed by atoms with Crippen molar-refractivity contribution >= 4 is 22.1 Å². The predicted molar refractivity (Wildman–Crippen MR) is 101 cm³/mol. The molecule has 28 heavy (non-hydrogen) atoms. The molecule has 1 saturated heterocycles. The second kappa shape index (κ2) is 9.35. The number of methoxy groups -OCH3 is 1. The van der Waals surface area contributed by atoms with Gasteiger partial charge in [-0.3, -0.25) is 4.79 Å². The van der Waals surface area contributed by atoms with E-state index in [9.17, 15) is 23.1 Å². The van der Waals surface area contributed by atoms with Crippen molar-refractivity contribution in [3.05, 3.63) is 35.9 Å². The Labute approximate surface area is 164 Å². The summed E-state index contributed by atoms with van der Waals surface area (Å²) in [6.07, 6.45) is -0.126. The van der Waals surface area contributed by atoms with Crippen LogP contribution in [0.5, 0.6) is 0 Å². The number of aliphatic hydroxyl groups is 1. The molecule has 2 N–H and O–H groups in total. The van der Waals surface area contributed by atoms with Crippen LogP contribution in [0, 0.1) is 0 Å². The van der Waals surface area contributed by atoms with E-state index >= 15 is 0 Å². The standard InChI is InChI=1S/C18H26N2O7S/c1-14-10-18(13-21,19-28(24,25)12-16(22)26-2)8-9-20(14)17(23)27-11-15-6-4-3-5-7-15/h3-7,14,19,21H,8-13H2,1-2H3. The Morgan fingerprint density at radius 3 is 2.57 bits per heavy atom. The van der Waals surface area contributed by atoms with E-state index in [4.69, 9.17) is 4.74 Å². The summed E-state index contributed by atoms with van der Waals surface area (Å²) in [5.41, 5.74) is -0.288. The van der Waals surface area contributed by atoms with Gasteiger partial charge < -0.3 is 19.5 Å². The fourth-order valence-corrected chi connectivity index (χ4v) is 4.66. The lowest BCUT2D eigenvalue weighted by molar-refractivity contribution is -0.137. The van der Waals surface area contributed by atoms with Crippen LogP contribution in [0.2, 0.25) is 0 Å². The van der Waals surface area contributed by atoms with Crippen LogP contribution in [-0.4, -0.2) is 68.1 Å². The summed E-state index contributed by atoms with van der Waals surface area (Å²) in [6.45, 7) is 1.64. The van der Waals surface area contributed by atoms with E-state index in [1.165, 1.54) is 4.90 Å². The number of hydrogen-bond acceptors (Lipinski definition) is 7.